The van der Waals surface area contributed by atoms with Crippen LogP contribution in [0, 0.1) is 17.0 Å². The van der Waals surface area contributed by atoms with Crippen LogP contribution in [0.1, 0.15) is 57.3 Å². The Balaban J connectivity index is 1.43. The van der Waals surface area contributed by atoms with Gasteiger partial charge in [-0.15, -0.1) is 0 Å². The number of hydrogen-bond donors (Lipinski definition) is 4. The van der Waals surface area contributed by atoms with Crippen LogP contribution in [0.3, 0.4) is 0 Å². The molecule has 0 aliphatic carbocycles. The number of carbonyl (C=O) groups is 5. The van der Waals surface area contributed by atoms with Gasteiger partial charge >= 0.3 is 0 Å². The number of aliphatic hydroxyl groups is 1. The Bertz CT molecular complexity index is 1770. The monoisotopic (exact) mass is 720 g/mol. The third kappa shape index (κ3) is 10.7. The van der Waals surface area contributed by atoms with Gasteiger partial charge in [0.05, 0.1) is 6.04 Å². The Morgan fingerprint density at radius 2 is 1.60 bits per heavy atom. The molecule has 0 fully saturated rings. The summed E-state index contributed by atoms with van der Waals surface area (Å²) in [5.41, 5.74) is 7.85. The summed E-state index contributed by atoms with van der Waals surface area (Å²) in [4.78, 5) is 63.8. The maximum absolute atomic E-state index is 15.0. The second-order valence-corrected chi connectivity index (χ2v) is 13.8. The lowest BCUT2D eigenvalue weighted by molar-refractivity contribution is -0.140. The summed E-state index contributed by atoms with van der Waals surface area (Å²) in [5.74, 6) is -3.47. The number of nitrogens with one attached hydrogen (secondary N) is 2. The van der Waals surface area contributed by atoms with Gasteiger partial charge in [0.15, 0.2) is 0 Å². The molecule has 2 heterocycles. The van der Waals surface area contributed by atoms with E-state index in [2.05, 4.69) is 10.6 Å². The Hall–Kier alpha value is -5.21. The van der Waals surface area contributed by atoms with Crippen molar-refractivity contribution in [3.63, 3.8) is 0 Å². The zero-order chi connectivity index (χ0) is 38.0. The van der Waals surface area contributed by atoms with Gasteiger partial charge in [0.2, 0.25) is 17.7 Å². The van der Waals surface area contributed by atoms with Crippen LogP contribution in [-0.4, -0.2) is 87.8 Å². The number of amides is 5. The highest BCUT2D eigenvalue weighted by atomic mass is 19.1. The highest BCUT2D eigenvalue weighted by molar-refractivity contribution is 6.12. The second-order valence-electron chi connectivity index (χ2n) is 13.8. The maximum atomic E-state index is 15.0. The average Bonchev–Trinajstić information content (AvgIpc) is 3.66. The van der Waals surface area contributed by atoms with E-state index in [-0.39, 0.29) is 51.0 Å². The molecule has 2 atom stereocenters. The summed E-state index contributed by atoms with van der Waals surface area (Å²) in [6, 6.07) is 13.3. The van der Waals surface area contributed by atoms with Crippen LogP contribution in [0.2, 0.25) is 0 Å². The van der Waals surface area contributed by atoms with Gasteiger partial charge in [-0.1, -0.05) is 51.1 Å². The number of carbonyl (C=O) groups excluding carboxylic acids is 5. The summed E-state index contributed by atoms with van der Waals surface area (Å²) in [6.45, 7) is 5.67. The fourth-order valence-electron chi connectivity index (χ4n) is 6.11. The predicted octanol–water partition coefficient (Wildman–Crippen LogP) is 3.04. The first-order valence-corrected chi connectivity index (χ1v) is 17.1. The fourth-order valence-corrected chi connectivity index (χ4v) is 6.11. The van der Waals surface area contributed by atoms with E-state index in [0.29, 0.717) is 17.8 Å². The normalized spacial score (nSPS) is 14.0. The molecule has 52 heavy (non-hydrogen) atoms. The molecule has 5 N–H and O–H groups in total. The van der Waals surface area contributed by atoms with Crippen LogP contribution in [-0.2, 0) is 30.5 Å². The van der Waals surface area contributed by atoms with Crippen molar-refractivity contribution in [1.29, 1.82) is 0 Å². The lowest BCUT2D eigenvalue weighted by Crippen LogP contribution is -2.46. The van der Waals surface area contributed by atoms with E-state index in [9.17, 15) is 37.9 Å². The van der Waals surface area contributed by atoms with E-state index >= 15 is 0 Å². The molecular formula is C38H46F2N6O6. The van der Waals surface area contributed by atoms with Crippen molar-refractivity contribution in [2.75, 3.05) is 32.8 Å². The zero-order valence-electron chi connectivity index (χ0n) is 29.6. The zero-order valence-corrected chi connectivity index (χ0v) is 29.6. The van der Waals surface area contributed by atoms with Crippen molar-refractivity contribution in [3.05, 3.63) is 95.8 Å². The third-order valence-corrected chi connectivity index (χ3v) is 8.67. The molecule has 4 rings (SSSR count). The molecule has 5 amide bonds. The molecule has 1 aliphatic heterocycles. The van der Waals surface area contributed by atoms with Crippen LogP contribution in [0.25, 0.3) is 11.1 Å². The van der Waals surface area contributed by atoms with Gasteiger partial charge in [0.1, 0.15) is 18.2 Å². The Kier molecular flexibility index (Phi) is 13.6. The minimum absolute atomic E-state index is 0.0227. The molecular weight excluding hydrogens is 674 g/mol. The molecule has 1 aromatic heterocycles. The summed E-state index contributed by atoms with van der Waals surface area (Å²) < 4.78 is 31.2. The Morgan fingerprint density at radius 3 is 2.23 bits per heavy atom. The highest BCUT2D eigenvalue weighted by Crippen LogP contribution is 2.41. The number of halogens is 2. The number of nitrogens with zero attached hydrogens (tertiary/aromatic N) is 3. The second kappa shape index (κ2) is 17.8. The molecule has 1 aliphatic rings. The van der Waals surface area contributed by atoms with Gasteiger partial charge in [-0.05, 0) is 41.7 Å². The van der Waals surface area contributed by atoms with Crippen molar-refractivity contribution in [2.45, 2.75) is 58.7 Å². The number of aromatic nitrogens is 1. The molecule has 0 saturated carbocycles. The van der Waals surface area contributed by atoms with E-state index in [0.717, 1.165) is 40.8 Å². The largest absolute Gasteiger partial charge is 0.387 e. The van der Waals surface area contributed by atoms with Crippen LogP contribution < -0.4 is 16.4 Å². The molecule has 1 unspecified atom stereocenters. The van der Waals surface area contributed by atoms with E-state index in [1.165, 1.54) is 4.90 Å². The van der Waals surface area contributed by atoms with Crippen molar-refractivity contribution in [3.8, 4) is 11.1 Å². The van der Waals surface area contributed by atoms with Crippen LogP contribution in [0.5, 0.6) is 0 Å². The molecule has 0 radical (unpaired) electrons. The van der Waals surface area contributed by atoms with E-state index in [1.54, 1.807) is 12.3 Å². The number of hydrogen-bond acceptors (Lipinski definition) is 7. The lowest BCUT2D eigenvalue weighted by Gasteiger charge is -2.41. The standard InChI is InChI=1S/C38H46F2N6O6/c1-38(2,3)37(31-19-26(29-20-27(39)9-10-30(29)40)23-44(31)22-25-7-5-4-6-8-25)46(36(52)24-47)17-15-28(41)21-43-33(49)12-11-32(48)42-16-18-45-34(50)13-14-35(45)51/h4-10,13-14,19-20,23,28,37,47H,11-12,15-18,21-22,24,41H2,1-3H3,(H,42,48)(H,43,49)/t28-,37?/m0/s1. The van der Waals surface area contributed by atoms with E-state index in [1.807, 2.05) is 55.7 Å². The van der Waals surface area contributed by atoms with Crippen LogP contribution in [0.4, 0.5) is 8.78 Å². The summed E-state index contributed by atoms with van der Waals surface area (Å²) >= 11 is 0. The quantitative estimate of drug-likeness (QED) is 0.156. The average molecular weight is 721 g/mol. The number of aliphatic hydroxyl groups excluding tert-OH is 1. The van der Waals surface area contributed by atoms with Gasteiger partial charge in [0, 0.05) is 86.8 Å². The molecule has 14 heteroatoms. The summed E-state index contributed by atoms with van der Waals surface area (Å²) in [6.07, 6.45) is 4.06. The number of rotatable bonds is 17. The van der Waals surface area contributed by atoms with Gasteiger partial charge in [-0.2, -0.15) is 0 Å². The first-order valence-electron chi connectivity index (χ1n) is 17.1. The Labute approximate surface area is 301 Å². The van der Waals surface area contributed by atoms with E-state index < -0.39 is 65.3 Å². The summed E-state index contributed by atoms with van der Waals surface area (Å²) in [5, 5.41) is 15.3. The SMILES string of the molecule is CC(C)(C)C(c1cc(-c2cc(F)ccc2F)cn1Cc1ccccc1)N(CC[C@H](N)CNC(=O)CCC(=O)NCCN1C(=O)C=CC1=O)C(=O)CO. The van der Waals surface area contributed by atoms with Crippen molar-refractivity contribution in [2.24, 2.45) is 11.1 Å². The van der Waals surface area contributed by atoms with Crippen LogP contribution >= 0.6 is 0 Å². The highest BCUT2D eigenvalue weighted by Gasteiger charge is 2.37. The molecule has 2 aromatic carbocycles. The van der Waals surface area contributed by atoms with Crippen molar-refractivity contribution in [1.82, 2.24) is 25.0 Å². The van der Waals surface area contributed by atoms with Gasteiger partial charge in [-0.25, -0.2) is 8.78 Å². The van der Waals surface area contributed by atoms with E-state index in [4.69, 9.17) is 5.73 Å². The third-order valence-electron chi connectivity index (χ3n) is 8.67. The summed E-state index contributed by atoms with van der Waals surface area (Å²) in [7, 11) is 0. The number of imide groups is 1. The molecule has 12 nitrogen and oxygen atoms in total. The molecule has 0 spiro atoms. The minimum Gasteiger partial charge on any atom is -0.387 e. The first kappa shape index (κ1) is 39.6. The number of nitrogens with two attached hydrogens (primary N) is 1. The minimum atomic E-state index is -0.771. The van der Waals surface area contributed by atoms with Gasteiger partial charge < -0.3 is 30.9 Å². The Morgan fingerprint density at radius 1 is 0.942 bits per heavy atom. The number of benzene rings is 2. The molecule has 0 saturated heterocycles. The van der Waals surface area contributed by atoms with Crippen molar-refractivity contribution >= 4 is 29.5 Å². The fraction of sp³-hybridized carbons (Fsp3) is 0.395. The van der Waals surface area contributed by atoms with Crippen molar-refractivity contribution < 1.29 is 37.9 Å². The maximum Gasteiger partial charge on any atom is 0.253 e. The lowest BCUT2D eigenvalue weighted by atomic mass is 9.82. The van der Waals surface area contributed by atoms with Gasteiger partial charge in [-0.3, -0.25) is 28.9 Å². The molecule has 0 bridgehead atoms. The predicted molar refractivity (Wildman–Crippen MR) is 190 cm³/mol. The smallest absolute Gasteiger partial charge is 0.253 e. The molecule has 3 aromatic rings. The van der Waals surface area contributed by atoms with Gasteiger partial charge in [0.25, 0.3) is 11.8 Å². The van der Waals surface area contributed by atoms with Crippen LogP contribution in [0.15, 0.2) is 72.9 Å². The topological polar surface area (TPSA) is 167 Å². The first-order chi connectivity index (χ1) is 24.7. The molecule has 278 valence electrons.